The smallest absolute Gasteiger partial charge is 0.387 e. The van der Waals surface area contributed by atoms with Gasteiger partial charge in [-0.15, -0.1) is 0 Å². The van der Waals surface area contributed by atoms with Crippen molar-refractivity contribution >= 4 is 11.9 Å². The Morgan fingerprint density at radius 3 is 2.45 bits per heavy atom. The first-order valence-corrected chi connectivity index (χ1v) is 6.58. The molecule has 0 spiro atoms. The van der Waals surface area contributed by atoms with Gasteiger partial charge in [0, 0.05) is 0 Å². The molecule has 0 bridgehead atoms. The number of nitrogens with one attached hydrogen (secondary N) is 1. The number of rotatable bonds is 5. The number of ether oxygens (including phenoxy) is 1. The van der Waals surface area contributed by atoms with E-state index in [1.165, 1.54) is 24.3 Å². The molecule has 2 rings (SSSR count). The number of benzene rings is 1. The number of imide groups is 1. The molecular formula is C15H16F2N2O3. The predicted molar refractivity (Wildman–Crippen MR) is 75.5 cm³/mol. The minimum atomic E-state index is -2.92. The zero-order valence-electron chi connectivity index (χ0n) is 12.2. The van der Waals surface area contributed by atoms with Crippen molar-refractivity contribution in [2.75, 3.05) is 6.54 Å². The summed E-state index contributed by atoms with van der Waals surface area (Å²) in [6, 6.07) is 5.09. The highest BCUT2D eigenvalue weighted by Crippen LogP contribution is 2.30. The average Bonchev–Trinajstić information content (AvgIpc) is 2.63. The zero-order chi connectivity index (χ0) is 16.5. The van der Waals surface area contributed by atoms with Crippen LogP contribution in [-0.2, 0) is 10.3 Å². The van der Waals surface area contributed by atoms with Crippen molar-refractivity contribution in [3.8, 4) is 5.75 Å². The molecule has 0 radical (unpaired) electrons. The number of amides is 3. The second-order valence-electron chi connectivity index (χ2n) is 5.31. The van der Waals surface area contributed by atoms with Gasteiger partial charge in [-0.3, -0.25) is 9.69 Å². The summed E-state index contributed by atoms with van der Waals surface area (Å²) >= 11 is 0. The van der Waals surface area contributed by atoms with Gasteiger partial charge >= 0.3 is 12.6 Å². The highest BCUT2D eigenvalue weighted by Gasteiger charge is 2.48. The maximum atomic E-state index is 12.5. The Labute approximate surface area is 126 Å². The van der Waals surface area contributed by atoms with E-state index in [0.29, 0.717) is 11.1 Å². The van der Waals surface area contributed by atoms with Crippen LogP contribution in [0.3, 0.4) is 0 Å². The number of urea groups is 1. The molecule has 1 N–H and O–H groups in total. The number of nitrogens with zero attached hydrogens (tertiary/aromatic N) is 1. The van der Waals surface area contributed by atoms with E-state index in [9.17, 15) is 18.4 Å². The highest BCUT2D eigenvalue weighted by molar-refractivity contribution is 6.07. The fourth-order valence-corrected chi connectivity index (χ4v) is 2.28. The van der Waals surface area contributed by atoms with Crippen molar-refractivity contribution in [3.05, 3.63) is 42.0 Å². The second-order valence-corrected chi connectivity index (χ2v) is 5.31. The monoisotopic (exact) mass is 310 g/mol. The van der Waals surface area contributed by atoms with E-state index in [1.54, 1.807) is 13.8 Å². The lowest BCUT2D eigenvalue weighted by molar-refractivity contribution is -0.130. The molecule has 0 saturated carbocycles. The molecule has 5 nitrogen and oxygen atoms in total. The quantitative estimate of drug-likeness (QED) is 0.672. The molecule has 1 aromatic carbocycles. The summed E-state index contributed by atoms with van der Waals surface area (Å²) in [5.74, 6) is -0.430. The van der Waals surface area contributed by atoms with Crippen LogP contribution < -0.4 is 10.1 Å². The summed E-state index contributed by atoms with van der Waals surface area (Å²) in [7, 11) is 0. The van der Waals surface area contributed by atoms with E-state index in [-0.39, 0.29) is 12.3 Å². The van der Waals surface area contributed by atoms with Crippen LogP contribution in [0.2, 0.25) is 0 Å². The SMILES string of the molecule is C=C(C)CN1C(=O)N[C@@](C)(c2ccc(OC(F)F)cc2)C1=O. The summed E-state index contributed by atoms with van der Waals surface area (Å²) in [4.78, 5) is 25.5. The molecule has 118 valence electrons. The van der Waals surface area contributed by atoms with Crippen molar-refractivity contribution in [3.63, 3.8) is 0 Å². The number of hydrogen-bond donors (Lipinski definition) is 1. The van der Waals surface area contributed by atoms with Gasteiger partial charge in [0.05, 0.1) is 6.54 Å². The fraction of sp³-hybridized carbons (Fsp3) is 0.333. The standard InChI is InChI=1S/C15H16F2N2O3/c1-9(2)8-19-12(20)15(3,18-14(19)21)10-4-6-11(7-5-10)22-13(16)17/h4-7,13H,1,8H2,2-3H3,(H,18,21)/t15-/m0/s1. The van der Waals surface area contributed by atoms with Crippen LogP contribution in [0.15, 0.2) is 36.4 Å². The summed E-state index contributed by atoms with van der Waals surface area (Å²) in [6.45, 7) is 4.18. The number of carbonyl (C=O) groups excluding carboxylic acids is 2. The minimum Gasteiger partial charge on any atom is -0.435 e. The molecule has 1 aromatic rings. The second kappa shape index (κ2) is 5.75. The van der Waals surface area contributed by atoms with Crippen molar-refractivity contribution in [2.24, 2.45) is 0 Å². The largest absolute Gasteiger partial charge is 0.435 e. The molecule has 0 aliphatic carbocycles. The Morgan fingerprint density at radius 2 is 1.95 bits per heavy atom. The van der Waals surface area contributed by atoms with Crippen LogP contribution in [0.1, 0.15) is 19.4 Å². The van der Waals surface area contributed by atoms with Crippen LogP contribution in [0.5, 0.6) is 5.75 Å². The molecule has 1 aliphatic rings. The molecule has 0 aromatic heterocycles. The predicted octanol–water partition coefficient (Wildman–Crippen LogP) is 2.63. The van der Waals surface area contributed by atoms with E-state index in [4.69, 9.17) is 0 Å². The lowest BCUT2D eigenvalue weighted by Gasteiger charge is -2.22. The first-order chi connectivity index (χ1) is 10.2. The molecule has 22 heavy (non-hydrogen) atoms. The van der Waals surface area contributed by atoms with Gasteiger partial charge in [-0.2, -0.15) is 8.78 Å². The van der Waals surface area contributed by atoms with Crippen LogP contribution in [-0.4, -0.2) is 30.0 Å². The van der Waals surface area contributed by atoms with E-state index in [2.05, 4.69) is 16.6 Å². The molecule has 0 unspecified atom stereocenters. The topological polar surface area (TPSA) is 58.6 Å². The lowest BCUT2D eigenvalue weighted by atomic mass is 9.92. The van der Waals surface area contributed by atoms with Gasteiger partial charge in [0.1, 0.15) is 11.3 Å². The molecule has 1 fully saturated rings. The minimum absolute atomic E-state index is 0.0158. The van der Waals surface area contributed by atoms with Crippen LogP contribution in [0.4, 0.5) is 13.6 Å². The van der Waals surface area contributed by atoms with Gasteiger partial charge < -0.3 is 10.1 Å². The van der Waals surface area contributed by atoms with Crippen molar-refractivity contribution in [1.29, 1.82) is 0 Å². The summed E-state index contributed by atoms with van der Waals surface area (Å²) in [5, 5.41) is 2.62. The van der Waals surface area contributed by atoms with E-state index in [1.807, 2.05) is 0 Å². The molecule has 3 amide bonds. The first kappa shape index (κ1) is 15.9. The third kappa shape index (κ3) is 2.93. The normalized spacial score (nSPS) is 21.2. The van der Waals surface area contributed by atoms with Crippen LogP contribution in [0.25, 0.3) is 0 Å². The third-order valence-electron chi connectivity index (χ3n) is 3.36. The van der Waals surface area contributed by atoms with Crippen molar-refractivity contribution in [2.45, 2.75) is 26.0 Å². The van der Waals surface area contributed by atoms with Gasteiger partial charge in [0.25, 0.3) is 5.91 Å². The van der Waals surface area contributed by atoms with Gasteiger partial charge in [-0.25, -0.2) is 4.79 Å². The maximum Gasteiger partial charge on any atom is 0.387 e. The van der Waals surface area contributed by atoms with E-state index < -0.39 is 24.1 Å². The van der Waals surface area contributed by atoms with Gasteiger partial charge in [-0.05, 0) is 31.5 Å². The Hall–Kier alpha value is -2.44. The molecule has 1 aliphatic heterocycles. The first-order valence-electron chi connectivity index (χ1n) is 6.58. The maximum absolute atomic E-state index is 12.5. The number of carbonyl (C=O) groups is 2. The van der Waals surface area contributed by atoms with Crippen molar-refractivity contribution < 1.29 is 23.1 Å². The molecular weight excluding hydrogens is 294 g/mol. The zero-order valence-corrected chi connectivity index (χ0v) is 12.2. The summed E-state index contributed by atoms with van der Waals surface area (Å²) in [5.41, 5.74) is -0.0827. The third-order valence-corrected chi connectivity index (χ3v) is 3.36. The Bertz CT molecular complexity index is 616. The highest BCUT2D eigenvalue weighted by atomic mass is 19.3. The Morgan fingerprint density at radius 1 is 1.36 bits per heavy atom. The number of alkyl halides is 2. The molecule has 1 atom stereocenters. The number of hydrogen-bond acceptors (Lipinski definition) is 3. The number of halogens is 2. The fourth-order valence-electron chi connectivity index (χ4n) is 2.28. The molecule has 1 heterocycles. The summed E-state index contributed by atoms with van der Waals surface area (Å²) < 4.78 is 28.5. The van der Waals surface area contributed by atoms with Gasteiger partial charge in [0.15, 0.2) is 0 Å². The average molecular weight is 310 g/mol. The van der Waals surface area contributed by atoms with Gasteiger partial charge in [0.2, 0.25) is 0 Å². The van der Waals surface area contributed by atoms with E-state index in [0.717, 1.165) is 4.90 Å². The Kier molecular flexibility index (Phi) is 4.16. The van der Waals surface area contributed by atoms with Crippen molar-refractivity contribution in [1.82, 2.24) is 10.2 Å². The van der Waals surface area contributed by atoms with Crippen LogP contribution >= 0.6 is 0 Å². The van der Waals surface area contributed by atoms with Crippen LogP contribution in [0, 0.1) is 0 Å². The van der Waals surface area contributed by atoms with E-state index >= 15 is 0 Å². The Balaban J connectivity index is 2.25. The molecule has 7 heteroatoms. The lowest BCUT2D eigenvalue weighted by Crippen LogP contribution is -2.41. The molecule has 1 saturated heterocycles. The summed E-state index contributed by atoms with van der Waals surface area (Å²) in [6.07, 6.45) is 0. The van der Waals surface area contributed by atoms with Gasteiger partial charge in [-0.1, -0.05) is 24.3 Å².